The Bertz CT molecular complexity index is 335. The molecule has 0 saturated carbocycles. The van der Waals surface area contributed by atoms with Gasteiger partial charge in [0.1, 0.15) is 16.8 Å². The molecule has 2 unspecified atom stereocenters. The minimum Gasteiger partial charge on any atom is -0.404 e. The SMILES string of the molecule is C=CCC(C)(OC(CC)O[SiH3])c1ccccc1. The molecule has 0 fully saturated rings. The largest absolute Gasteiger partial charge is 0.404 e. The lowest BCUT2D eigenvalue weighted by Crippen LogP contribution is -2.32. The predicted octanol–water partition coefficient (Wildman–Crippen LogP) is 2.53. The third kappa shape index (κ3) is 3.80. The van der Waals surface area contributed by atoms with Crippen LogP contribution in [0.1, 0.15) is 32.3 Å². The second kappa shape index (κ2) is 6.74. The zero-order valence-corrected chi connectivity index (χ0v) is 13.0. The summed E-state index contributed by atoms with van der Waals surface area (Å²) in [6.45, 7) is 7.98. The molecule has 2 nitrogen and oxygen atoms in total. The smallest absolute Gasteiger partial charge is 0.149 e. The first kappa shape index (κ1) is 14.2. The Morgan fingerprint density at radius 3 is 2.53 bits per heavy atom. The Balaban J connectivity index is 2.92. The zero-order chi connectivity index (χ0) is 12.7. The Labute approximate surface area is 107 Å². The molecule has 1 aromatic rings. The van der Waals surface area contributed by atoms with Crippen molar-refractivity contribution in [2.75, 3.05) is 0 Å². The van der Waals surface area contributed by atoms with Crippen molar-refractivity contribution in [3.05, 3.63) is 48.6 Å². The summed E-state index contributed by atoms with van der Waals surface area (Å²) in [7, 11) is 0.691. The van der Waals surface area contributed by atoms with Crippen molar-refractivity contribution in [1.29, 1.82) is 0 Å². The van der Waals surface area contributed by atoms with Crippen LogP contribution < -0.4 is 0 Å². The maximum Gasteiger partial charge on any atom is 0.149 e. The van der Waals surface area contributed by atoms with E-state index in [2.05, 4.69) is 32.6 Å². The van der Waals surface area contributed by atoms with Crippen LogP contribution in [-0.2, 0) is 14.8 Å². The van der Waals surface area contributed by atoms with E-state index < -0.39 is 0 Å². The van der Waals surface area contributed by atoms with Gasteiger partial charge in [0.15, 0.2) is 0 Å². The number of ether oxygens (including phenoxy) is 1. The van der Waals surface area contributed by atoms with Crippen molar-refractivity contribution < 1.29 is 9.16 Å². The van der Waals surface area contributed by atoms with Gasteiger partial charge in [-0.1, -0.05) is 43.3 Å². The van der Waals surface area contributed by atoms with Gasteiger partial charge in [-0.3, -0.25) is 0 Å². The van der Waals surface area contributed by atoms with Crippen molar-refractivity contribution >= 4 is 10.5 Å². The summed E-state index contributed by atoms with van der Waals surface area (Å²) in [5, 5.41) is 0. The van der Waals surface area contributed by atoms with Crippen molar-refractivity contribution in [2.45, 2.75) is 38.6 Å². The fourth-order valence-electron chi connectivity index (χ4n) is 1.89. The highest BCUT2D eigenvalue weighted by Crippen LogP contribution is 2.31. The normalized spacial score (nSPS) is 16.4. The van der Waals surface area contributed by atoms with Gasteiger partial charge in [0.2, 0.25) is 0 Å². The van der Waals surface area contributed by atoms with E-state index in [1.54, 1.807) is 0 Å². The highest BCUT2D eigenvalue weighted by molar-refractivity contribution is 5.98. The van der Waals surface area contributed by atoms with Crippen LogP contribution in [0.5, 0.6) is 0 Å². The lowest BCUT2D eigenvalue weighted by atomic mass is 9.92. The van der Waals surface area contributed by atoms with Crippen LogP contribution in [0, 0.1) is 0 Å². The maximum atomic E-state index is 6.10. The molecule has 0 aliphatic carbocycles. The second-order valence-corrected chi connectivity index (χ2v) is 4.75. The van der Waals surface area contributed by atoms with E-state index in [9.17, 15) is 0 Å². The summed E-state index contributed by atoms with van der Waals surface area (Å²) in [5.74, 6) is 0. The minimum atomic E-state index is -0.353. The number of hydrogen-bond acceptors (Lipinski definition) is 2. The Morgan fingerprint density at radius 1 is 1.41 bits per heavy atom. The number of rotatable bonds is 7. The van der Waals surface area contributed by atoms with E-state index in [1.807, 2.05) is 24.3 Å². The van der Waals surface area contributed by atoms with Crippen LogP contribution in [0.15, 0.2) is 43.0 Å². The first-order chi connectivity index (χ1) is 8.16. The average Bonchev–Trinajstić information content (AvgIpc) is 2.37. The van der Waals surface area contributed by atoms with E-state index in [-0.39, 0.29) is 11.9 Å². The topological polar surface area (TPSA) is 18.5 Å². The molecule has 0 radical (unpaired) electrons. The molecule has 0 aromatic heterocycles. The van der Waals surface area contributed by atoms with Crippen LogP contribution >= 0.6 is 0 Å². The average molecular weight is 250 g/mol. The summed E-state index contributed by atoms with van der Waals surface area (Å²) in [6.07, 6.45) is 3.42. The quantitative estimate of drug-likeness (QED) is 0.420. The van der Waals surface area contributed by atoms with Gasteiger partial charge >= 0.3 is 0 Å². The third-order valence-corrected chi connectivity index (χ3v) is 3.43. The van der Waals surface area contributed by atoms with E-state index in [0.717, 1.165) is 18.4 Å². The predicted molar refractivity (Wildman–Crippen MR) is 74.8 cm³/mol. The van der Waals surface area contributed by atoms with Gasteiger partial charge < -0.3 is 9.16 Å². The van der Waals surface area contributed by atoms with Gasteiger partial charge in [-0.2, -0.15) is 0 Å². The molecule has 0 saturated heterocycles. The molecule has 1 rings (SSSR count). The van der Waals surface area contributed by atoms with E-state index in [4.69, 9.17) is 9.16 Å². The molecule has 17 heavy (non-hydrogen) atoms. The van der Waals surface area contributed by atoms with Gasteiger partial charge in [0.05, 0.1) is 5.60 Å². The fraction of sp³-hybridized carbons (Fsp3) is 0.429. The van der Waals surface area contributed by atoms with Gasteiger partial charge in [-0.15, -0.1) is 6.58 Å². The highest BCUT2D eigenvalue weighted by Gasteiger charge is 2.28. The molecule has 0 N–H and O–H groups in total. The van der Waals surface area contributed by atoms with Crippen LogP contribution in [0.25, 0.3) is 0 Å². The summed E-state index contributed by atoms with van der Waals surface area (Å²) < 4.78 is 11.5. The minimum absolute atomic E-state index is 0.119. The zero-order valence-electron chi connectivity index (χ0n) is 11.0. The summed E-state index contributed by atoms with van der Waals surface area (Å²) >= 11 is 0. The van der Waals surface area contributed by atoms with Gasteiger partial charge in [-0.25, -0.2) is 0 Å². The Morgan fingerprint density at radius 2 is 2.06 bits per heavy atom. The lowest BCUT2D eigenvalue weighted by Gasteiger charge is -2.33. The highest BCUT2D eigenvalue weighted by atomic mass is 28.2. The van der Waals surface area contributed by atoms with Crippen LogP contribution in [0.2, 0.25) is 0 Å². The standard InChI is InChI=1S/C14H22O2Si/c1-4-11-14(3,15-13(5-2)16-17)12-9-7-6-8-10-12/h4,6-10,13H,1,5,11H2,2-3,17H3. The van der Waals surface area contributed by atoms with Crippen molar-refractivity contribution in [3.63, 3.8) is 0 Å². The molecule has 3 heteroatoms. The summed E-state index contributed by atoms with van der Waals surface area (Å²) in [5.41, 5.74) is 0.811. The van der Waals surface area contributed by atoms with Crippen molar-refractivity contribution in [3.8, 4) is 0 Å². The van der Waals surface area contributed by atoms with Crippen LogP contribution in [-0.4, -0.2) is 16.8 Å². The molecule has 0 spiro atoms. The maximum absolute atomic E-state index is 6.10. The third-order valence-electron chi connectivity index (χ3n) is 2.91. The van der Waals surface area contributed by atoms with E-state index in [1.165, 1.54) is 0 Å². The van der Waals surface area contributed by atoms with Gasteiger partial charge in [-0.05, 0) is 25.3 Å². The molecule has 0 bridgehead atoms. The monoisotopic (exact) mass is 250 g/mol. The molecule has 0 aliphatic rings. The molecule has 1 aromatic carbocycles. The van der Waals surface area contributed by atoms with Crippen LogP contribution in [0.4, 0.5) is 0 Å². The van der Waals surface area contributed by atoms with Crippen molar-refractivity contribution in [2.24, 2.45) is 0 Å². The lowest BCUT2D eigenvalue weighted by molar-refractivity contribution is -0.168. The molecule has 2 atom stereocenters. The summed E-state index contributed by atoms with van der Waals surface area (Å²) in [4.78, 5) is 0. The first-order valence-corrected chi connectivity index (χ1v) is 6.85. The molecular formula is C14H22O2Si. The van der Waals surface area contributed by atoms with Gasteiger partial charge in [0.25, 0.3) is 0 Å². The van der Waals surface area contributed by atoms with E-state index >= 15 is 0 Å². The second-order valence-electron chi connectivity index (χ2n) is 4.28. The molecule has 0 amide bonds. The van der Waals surface area contributed by atoms with E-state index in [0.29, 0.717) is 10.5 Å². The number of benzene rings is 1. The number of hydrogen-bond donors (Lipinski definition) is 0. The Kier molecular flexibility index (Phi) is 5.61. The molecule has 0 aliphatic heterocycles. The molecule has 0 heterocycles. The Hall–Kier alpha value is -0.903. The fourth-order valence-corrected chi connectivity index (χ4v) is 2.32. The first-order valence-electron chi connectivity index (χ1n) is 6.03. The summed E-state index contributed by atoms with van der Waals surface area (Å²) in [6, 6.07) is 10.2. The van der Waals surface area contributed by atoms with Gasteiger partial charge in [0, 0.05) is 0 Å². The van der Waals surface area contributed by atoms with Crippen molar-refractivity contribution in [1.82, 2.24) is 0 Å². The molecular weight excluding hydrogens is 228 g/mol. The molecule has 94 valence electrons. The van der Waals surface area contributed by atoms with Crippen LogP contribution in [0.3, 0.4) is 0 Å².